The molecule has 0 atom stereocenters. The first-order valence-electron chi connectivity index (χ1n) is 13.1. The van der Waals surface area contributed by atoms with Crippen LogP contribution < -0.4 is 18.9 Å². The van der Waals surface area contributed by atoms with Crippen molar-refractivity contribution in [3.05, 3.63) is 121 Å². The minimum absolute atomic E-state index is 0.322. The first-order chi connectivity index (χ1) is 19.1. The molecule has 7 heteroatoms. The van der Waals surface area contributed by atoms with Crippen molar-refractivity contribution >= 4 is 8.56 Å². The van der Waals surface area contributed by atoms with E-state index in [-0.39, 0.29) is 12.2 Å². The highest BCUT2D eigenvalue weighted by atomic mass is 28.4. The summed E-state index contributed by atoms with van der Waals surface area (Å²) in [6.07, 6.45) is -0.698. The number of rotatable bonds is 16. The lowest BCUT2D eigenvalue weighted by atomic mass is 10.3. The Morgan fingerprint density at radius 2 is 0.641 bits per heavy atom. The number of para-hydroxylation sites is 4. The highest BCUT2D eigenvalue weighted by Crippen LogP contribution is 2.19. The van der Waals surface area contributed by atoms with Gasteiger partial charge in [0.05, 0.1) is 0 Å². The SMILES string of the molecule is C[Si](C)(OC(COc1ccccc1)COc1ccccc1)OC(COc1ccccc1)COc1ccccc1. The molecule has 0 unspecified atom stereocenters. The molecule has 0 fully saturated rings. The molecule has 0 saturated carbocycles. The number of benzene rings is 4. The second-order valence-corrected chi connectivity index (χ2v) is 12.6. The van der Waals surface area contributed by atoms with Crippen molar-refractivity contribution in [2.45, 2.75) is 25.3 Å². The van der Waals surface area contributed by atoms with Crippen LogP contribution in [0.3, 0.4) is 0 Å². The zero-order valence-electron chi connectivity index (χ0n) is 22.5. The van der Waals surface area contributed by atoms with E-state index >= 15 is 0 Å². The van der Waals surface area contributed by atoms with Crippen LogP contribution >= 0.6 is 0 Å². The van der Waals surface area contributed by atoms with E-state index in [0.29, 0.717) is 26.4 Å². The molecule has 4 aromatic carbocycles. The molecule has 0 aliphatic heterocycles. The Labute approximate surface area is 232 Å². The smallest absolute Gasteiger partial charge is 0.332 e. The van der Waals surface area contributed by atoms with E-state index in [0.717, 1.165) is 23.0 Å². The lowest BCUT2D eigenvalue weighted by Crippen LogP contribution is -2.48. The highest BCUT2D eigenvalue weighted by Gasteiger charge is 2.33. The van der Waals surface area contributed by atoms with Crippen LogP contribution in [0.2, 0.25) is 13.1 Å². The van der Waals surface area contributed by atoms with Crippen LogP contribution in [0.1, 0.15) is 0 Å². The molecule has 0 N–H and O–H groups in total. The molecule has 0 aliphatic rings. The van der Waals surface area contributed by atoms with Crippen LogP contribution in [0.25, 0.3) is 0 Å². The van der Waals surface area contributed by atoms with Gasteiger partial charge in [-0.25, -0.2) is 0 Å². The molecule has 39 heavy (non-hydrogen) atoms. The van der Waals surface area contributed by atoms with Crippen LogP contribution in [-0.2, 0) is 8.85 Å². The zero-order valence-corrected chi connectivity index (χ0v) is 23.5. The van der Waals surface area contributed by atoms with E-state index < -0.39 is 8.56 Å². The Hall–Kier alpha value is -3.78. The second kappa shape index (κ2) is 15.0. The monoisotopic (exact) mass is 544 g/mol. The van der Waals surface area contributed by atoms with Gasteiger partial charge in [-0.2, -0.15) is 0 Å². The quantitative estimate of drug-likeness (QED) is 0.145. The van der Waals surface area contributed by atoms with Gasteiger partial charge in [-0.15, -0.1) is 0 Å². The second-order valence-electron chi connectivity index (χ2n) is 9.38. The van der Waals surface area contributed by atoms with Gasteiger partial charge in [-0.05, 0) is 61.6 Å². The fourth-order valence-electron chi connectivity index (χ4n) is 3.89. The van der Waals surface area contributed by atoms with Gasteiger partial charge < -0.3 is 27.8 Å². The predicted molar refractivity (Wildman–Crippen MR) is 155 cm³/mol. The van der Waals surface area contributed by atoms with Gasteiger partial charge >= 0.3 is 8.56 Å². The van der Waals surface area contributed by atoms with Crippen molar-refractivity contribution < 1.29 is 27.8 Å². The molecule has 0 aromatic heterocycles. The average molecular weight is 545 g/mol. The average Bonchev–Trinajstić information content (AvgIpc) is 2.98. The Bertz CT molecular complexity index is 1010. The molecule has 0 bridgehead atoms. The molecule has 0 radical (unpaired) electrons. The van der Waals surface area contributed by atoms with Gasteiger partial charge in [-0.1, -0.05) is 72.8 Å². The maximum atomic E-state index is 6.57. The third-order valence-electron chi connectivity index (χ3n) is 5.62. The van der Waals surface area contributed by atoms with Gasteiger partial charge in [0.25, 0.3) is 0 Å². The third-order valence-corrected chi connectivity index (χ3v) is 7.42. The first-order valence-corrected chi connectivity index (χ1v) is 15.9. The summed E-state index contributed by atoms with van der Waals surface area (Å²) in [6, 6.07) is 38.7. The molecule has 0 saturated heterocycles. The van der Waals surface area contributed by atoms with Crippen molar-refractivity contribution in [1.29, 1.82) is 0 Å². The molecule has 4 rings (SSSR count). The molecule has 6 nitrogen and oxygen atoms in total. The number of ether oxygens (including phenoxy) is 4. The fourth-order valence-corrected chi connectivity index (χ4v) is 5.82. The van der Waals surface area contributed by atoms with Crippen LogP contribution in [-0.4, -0.2) is 47.2 Å². The lowest BCUT2D eigenvalue weighted by Gasteiger charge is -2.32. The topological polar surface area (TPSA) is 55.4 Å². The van der Waals surface area contributed by atoms with Crippen molar-refractivity contribution in [3.63, 3.8) is 0 Å². The van der Waals surface area contributed by atoms with Crippen molar-refractivity contribution in [2.75, 3.05) is 26.4 Å². The summed E-state index contributed by atoms with van der Waals surface area (Å²) in [5, 5.41) is 0. The van der Waals surface area contributed by atoms with Gasteiger partial charge in [0.1, 0.15) is 61.6 Å². The molecule has 4 aromatic rings. The normalized spacial score (nSPS) is 11.4. The molecule has 0 amide bonds. The summed E-state index contributed by atoms with van der Waals surface area (Å²) < 4.78 is 37.3. The molecule has 0 spiro atoms. The van der Waals surface area contributed by atoms with E-state index in [2.05, 4.69) is 0 Å². The fraction of sp³-hybridized carbons (Fsp3) is 0.250. The van der Waals surface area contributed by atoms with Gasteiger partial charge in [0, 0.05) is 0 Å². The summed E-state index contributed by atoms with van der Waals surface area (Å²) in [6.45, 7) is 5.32. The van der Waals surface area contributed by atoms with Crippen LogP contribution in [0.15, 0.2) is 121 Å². The molecule has 204 valence electrons. The van der Waals surface area contributed by atoms with Gasteiger partial charge in [0.15, 0.2) is 0 Å². The van der Waals surface area contributed by atoms with Gasteiger partial charge in [-0.3, -0.25) is 0 Å². The summed E-state index contributed by atoms with van der Waals surface area (Å²) in [4.78, 5) is 0. The third kappa shape index (κ3) is 10.5. The van der Waals surface area contributed by atoms with Crippen molar-refractivity contribution in [2.24, 2.45) is 0 Å². The van der Waals surface area contributed by atoms with Crippen LogP contribution in [0, 0.1) is 0 Å². The van der Waals surface area contributed by atoms with E-state index in [4.69, 9.17) is 27.8 Å². The zero-order chi connectivity index (χ0) is 27.2. The van der Waals surface area contributed by atoms with E-state index in [1.54, 1.807) is 0 Å². The Kier molecular flexibility index (Phi) is 10.8. The van der Waals surface area contributed by atoms with Crippen molar-refractivity contribution in [1.82, 2.24) is 0 Å². The summed E-state index contributed by atoms with van der Waals surface area (Å²) in [5.74, 6) is 3.10. The highest BCUT2D eigenvalue weighted by molar-refractivity contribution is 6.64. The molecule has 0 heterocycles. The van der Waals surface area contributed by atoms with E-state index in [9.17, 15) is 0 Å². The Morgan fingerprint density at radius 3 is 0.872 bits per heavy atom. The summed E-state index contributed by atoms with van der Waals surface area (Å²) in [7, 11) is -2.70. The molecular formula is C32H36O6Si. The van der Waals surface area contributed by atoms with Crippen LogP contribution in [0.5, 0.6) is 23.0 Å². The summed E-state index contributed by atoms with van der Waals surface area (Å²) in [5.41, 5.74) is 0. The predicted octanol–water partition coefficient (Wildman–Crippen LogP) is 6.77. The number of hydrogen-bond donors (Lipinski definition) is 0. The maximum Gasteiger partial charge on any atom is 0.332 e. The number of hydrogen-bond acceptors (Lipinski definition) is 6. The largest absolute Gasteiger partial charge is 0.491 e. The Balaban J connectivity index is 1.41. The van der Waals surface area contributed by atoms with Crippen LogP contribution in [0.4, 0.5) is 0 Å². The molecular weight excluding hydrogens is 508 g/mol. The Morgan fingerprint density at radius 1 is 0.410 bits per heavy atom. The maximum absolute atomic E-state index is 6.57. The first kappa shape index (κ1) is 28.2. The van der Waals surface area contributed by atoms with Crippen molar-refractivity contribution in [3.8, 4) is 23.0 Å². The lowest BCUT2D eigenvalue weighted by molar-refractivity contribution is 0.00974. The minimum Gasteiger partial charge on any atom is -0.491 e. The minimum atomic E-state index is -2.70. The van der Waals surface area contributed by atoms with Gasteiger partial charge in [0.2, 0.25) is 0 Å². The molecule has 0 aliphatic carbocycles. The standard InChI is InChI=1S/C32H36O6Si/c1-39(2,37-31(23-33-27-15-7-3-8-16-27)24-34-28-17-9-4-10-18-28)38-32(25-35-29-19-11-5-12-20-29)26-36-30-21-13-6-14-22-30/h3-22,31-32H,23-26H2,1-2H3. The summed E-state index contributed by atoms with van der Waals surface area (Å²) >= 11 is 0. The van der Waals surface area contributed by atoms with E-state index in [1.165, 1.54) is 0 Å². The van der Waals surface area contributed by atoms with E-state index in [1.807, 2.05) is 134 Å².